The highest BCUT2D eigenvalue weighted by molar-refractivity contribution is 7.07. The molecule has 132 valence electrons. The predicted octanol–water partition coefficient (Wildman–Crippen LogP) is 1.79. The van der Waals surface area contributed by atoms with Gasteiger partial charge in [-0.05, 0) is 67.0 Å². The zero-order chi connectivity index (χ0) is 16.8. The Morgan fingerprint density at radius 3 is 3.00 bits per heavy atom. The molecule has 2 aliphatic rings. The van der Waals surface area contributed by atoms with Crippen LogP contribution in [0.4, 0.5) is 0 Å². The van der Waals surface area contributed by atoms with Gasteiger partial charge in [0, 0.05) is 26.1 Å². The second kappa shape index (κ2) is 8.62. The van der Waals surface area contributed by atoms with Crippen LogP contribution in [0, 0.1) is 5.92 Å². The lowest BCUT2D eigenvalue weighted by Crippen LogP contribution is -2.46. The van der Waals surface area contributed by atoms with Crippen molar-refractivity contribution in [1.29, 1.82) is 0 Å². The molecule has 0 unspecified atom stereocenters. The minimum Gasteiger partial charge on any atom is -0.354 e. The number of hydrogen-bond donors (Lipinski definition) is 2. The second-order valence-corrected chi connectivity index (χ2v) is 7.65. The number of piperidine rings is 1. The van der Waals surface area contributed by atoms with Crippen LogP contribution in [0.25, 0.3) is 0 Å². The third-order valence-electron chi connectivity index (χ3n) is 5.02. The van der Waals surface area contributed by atoms with Crippen molar-refractivity contribution in [1.82, 2.24) is 15.5 Å². The van der Waals surface area contributed by atoms with E-state index in [-0.39, 0.29) is 17.9 Å². The van der Waals surface area contributed by atoms with Crippen molar-refractivity contribution >= 4 is 23.2 Å². The summed E-state index contributed by atoms with van der Waals surface area (Å²) >= 11 is 1.68. The summed E-state index contributed by atoms with van der Waals surface area (Å²) in [6.07, 6.45) is 5.55. The first-order valence-corrected chi connectivity index (χ1v) is 9.96. The molecule has 3 heterocycles. The van der Waals surface area contributed by atoms with Gasteiger partial charge in [-0.3, -0.25) is 9.59 Å². The molecule has 2 saturated heterocycles. The summed E-state index contributed by atoms with van der Waals surface area (Å²) in [5, 5.41) is 10.5. The normalized spacial score (nSPS) is 24.1. The fraction of sp³-hybridized carbons (Fsp3) is 0.667. The van der Waals surface area contributed by atoms with E-state index in [0.717, 1.165) is 51.7 Å². The van der Waals surface area contributed by atoms with Crippen molar-refractivity contribution in [2.75, 3.05) is 26.2 Å². The average molecular weight is 350 g/mol. The maximum atomic E-state index is 12.4. The molecule has 2 aliphatic heterocycles. The molecule has 6 heteroatoms. The lowest BCUT2D eigenvalue weighted by Gasteiger charge is -2.33. The van der Waals surface area contributed by atoms with Crippen molar-refractivity contribution in [2.45, 2.75) is 44.6 Å². The SMILES string of the molecule is O=C(NC[C@H]1CCCN(C(=O)CCc2ccsc2)C1)[C@H]1CCCN1. The predicted molar refractivity (Wildman–Crippen MR) is 96.0 cm³/mol. The van der Waals surface area contributed by atoms with Crippen LogP contribution in [-0.2, 0) is 16.0 Å². The molecule has 5 nitrogen and oxygen atoms in total. The third-order valence-corrected chi connectivity index (χ3v) is 5.75. The fourth-order valence-corrected chi connectivity index (χ4v) is 4.28. The van der Waals surface area contributed by atoms with Gasteiger partial charge in [-0.25, -0.2) is 0 Å². The van der Waals surface area contributed by atoms with Crippen molar-refractivity contribution in [2.24, 2.45) is 5.92 Å². The van der Waals surface area contributed by atoms with Crippen molar-refractivity contribution in [3.8, 4) is 0 Å². The zero-order valence-corrected chi connectivity index (χ0v) is 14.9. The average Bonchev–Trinajstić information content (AvgIpc) is 3.31. The van der Waals surface area contributed by atoms with Gasteiger partial charge in [0.15, 0.2) is 0 Å². The summed E-state index contributed by atoms with van der Waals surface area (Å²) in [4.78, 5) is 26.5. The first-order chi connectivity index (χ1) is 11.7. The fourth-order valence-electron chi connectivity index (χ4n) is 3.58. The van der Waals surface area contributed by atoms with E-state index in [1.165, 1.54) is 5.56 Å². The summed E-state index contributed by atoms with van der Waals surface area (Å²) < 4.78 is 0. The van der Waals surface area contributed by atoms with Gasteiger partial charge in [0.25, 0.3) is 0 Å². The number of nitrogens with one attached hydrogen (secondary N) is 2. The Morgan fingerprint density at radius 2 is 2.25 bits per heavy atom. The number of aryl methyl sites for hydroxylation is 1. The Labute approximate surface area is 147 Å². The third kappa shape index (κ3) is 4.80. The van der Waals surface area contributed by atoms with Crippen molar-refractivity contribution in [3.63, 3.8) is 0 Å². The maximum absolute atomic E-state index is 12.4. The molecule has 0 radical (unpaired) electrons. The number of thiophene rings is 1. The molecule has 2 N–H and O–H groups in total. The van der Waals surface area contributed by atoms with Crippen molar-refractivity contribution in [3.05, 3.63) is 22.4 Å². The summed E-state index contributed by atoms with van der Waals surface area (Å²) in [5.74, 6) is 0.747. The van der Waals surface area contributed by atoms with Crippen LogP contribution < -0.4 is 10.6 Å². The van der Waals surface area contributed by atoms with E-state index in [1.54, 1.807) is 11.3 Å². The smallest absolute Gasteiger partial charge is 0.237 e. The molecule has 0 aromatic carbocycles. The summed E-state index contributed by atoms with van der Waals surface area (Å²) in [6.45, 7) is 3.26. The monoisotopic (exact) mass is 349 g/mol. The minimum atomic E-state index is -0.0167. The Kier molecular flexibility index (Phi) is 6.26. The number of nitrogens with zero attached hydrogens (tertiary/aromatic N) is 1. The largest absolute Gasteiger partial charge is 0.354 e. The van der Waals surface area contributed by atoms with Gasteiger partial charge in [-0.1, -0.05) is 0 Å². The van der Waals surface area contributed by atoms with Crippen molar-refractivity contribution < 1.29 is 9.59 Å². The Bertz CT molecular complexity index is 540. The standard InChI is InChI=1S/C18H27N3O2S/c22-17(6-5-14-7-10-24-13-14)21-9-2-3-15(12-21)11-20-18(23)16-4-1-8-19-16/h7,10,13,15-16,19H,1-6,8-9,11-12H2,(H,20,23)/t15-,16-/m1/s1. The Hall–Kier alpha value is -1.40. The first-order valence-electron chi connectivity index (χ1n) is 9.02. The molecule has 2 atom stereocenters. The molecule has 0 aliphatic carbocycles. The van der Waals surface area contributed by atoms with Crippen LogP contribution in [0.3, 0.4) is 0 Å². The summed E-state index contributed by atoms with van der Waals surface area (Å²) in [5.41, 5.74) is 1.25. The van der Waals surface area contributed by atoms with E-state index in [1.807, 2.05) is 4.90 Å². The highest BCUT2D eigenvalue weighted by Crippen LogP contribution is 2.18. The van der Waals surface area contributed by atoms with Gasteiger partial charge >= 0.3 is 0 Å². The minimum absolute atomic E-state index is 0.0167. The van der Waals surface area contributed by atoms with Crippen LogP contribution in [0.1, 0.15) is 37.7 Å². The molecule has 0 saturated carbocycles. The molecule has 24 heavy (non-hydrogen) atoms. The van der Waals surface area contributed by atoms with Gasteiger partial charge in [0.2, 0.25) is 11.8 Å². The molecule has 0 spiro atoms. The quantitative estimate of drug-likeness (QED) is 0.823. The Balaban J connectivity index is 1.40. The second-order valence-electron chi connectivity index (χ2n) is 6.87. The van der Waals surface area contributed by atoms with Gasteiger partial charge in [0.1, 0.15) is 0 Å². The number of likely N-dealkylation sites (tertiary alicyclic amines) is 1. The van der Waals surface area contributed by atoms with Crippen LogP contribution >= 0.6 is 11.3 Å². The number of rotatable bonds is 6. The molecular weight excluding hydrogens is 322 g/mol. The highest BCUT2D eigenvalue weighted by Gasteiger charge is 2.26. The van der Waals surface area contributed by atoms with Crippen LogP contribution in [0.2, 0.25) is 0 Å². The van der Waals surface area contributed by atoms with E-state index in [4.69, 9.17) is 0 Å². The molecule has 1 aromatic heterocycles. The zero-order valence-electron chi connectivity index (χ0n) is 14.1. The van der Waals surface area contributed by atoms with Crippen LogP contribution in [0.15, 0.2) is 16.8 Å². The number of carbonyl (C=O) groups is 2. The topological polar surface area (TPSA) is 61.4 Å². The first kappa shape index (κ1) is 17.4. The van der Waals surface area contributed by atoms with E-state index in [0.29, 0.717) is 18.9 Å². The lowest BCUT2D eigenvalue weighted by atomic mass is 9.97. The van der Waals surface area contributed by atoms with Gasteiger partial charge < -0.3 is 15.5 Å². The number of hydrogen-bond acceptors (Lipinski definition) is 4. The summed E-state index contributed by atoms with van der Waals surface area (Å²) in [7, 11) is 0. The highest BCUT2D eigenvalue weighted by atomic mass is 32.1. The number of carbonyl (C=O) groups excluding carboxylic acids is 2. The molecule has 1 aromatic rings. The van der Waals surface area contributed by atoms with Gasteiger partial charge in [-0.15, -0.1) is 0 Å². The van der Waals surface area contributed by atoms with Crippen LogP contribution in [-0.4, -0.2) is 48.9 Å². The van der Waals surface area contributed by atoms with E-state index < -0.39 is 0 Å². The van der Waals surface area contributed by atoms with Crippen LogP contribution in [0.5, 0.6) is 0 Å². The van der Waals surface area contributed by atoms with E-state index >= 15 is 0 Å². The number of amides is 2. The van der Waals surface area contributed by atoms with E-state index in [2.05, 4.69) is 27.5 Å². The molecular formula is C18H27N3O2S. The van der Waals surface area contributed by atoms with Gasteiger partial charge in [-0.2, -0.15) is 11.3 Å². The summed E-state index contributed by atoms with van der Waals surface area (Å²) in [6, 6.07) is 2.07. The molecule has 2 fully saturated rings. The molecule has 0 bridgehead atoms. The molecule has 2 amide bonds. The Morgan fingerprint density at radius 1 is 1.33 bits per heavy atom. The van der Waals surface area contributed by atoms with Gasteiger partial charge in [0.05, 0.1) is 6.04 Å². The maximum Gasteiger partial charge on any atom is 0.237 e. The lowest BCUT2D eigenvalue weighted by molar-refractivity contribution is -0.132. The van der Waals surface area contributed by atoms with E-state index in [9.17, 15) is 9.59 Å². The molecule has 3 rings (SSSR count).